The lowest BCUT2D eigenvalue weighted by molar-refractivity contribution is 0.319. The first-order valence-corrected chi connectivity index (χ1v) is 7.00. The first kappa shape index (κ1) is 10.6. The highest BCUT2D eigenvalue weighted by molar-refractivity contribution is 6.20. The molecule has 0 N–H and O–H groups in total. The standard InChI is InChI=1S/C13H19ClN2/c14-12-8-4-5-10-9-15-16(13(10)12)11-6-2-1-3-7-11/h9,11-12H,1-8H2. The minimum absolute atomic E-state index is 0.202. The van der Waals surface area contributed by atoms with Gasteiger partial charge in [0.1, 0.15) is 0 Å². The number of aryl methyl sites for hydroxylation is 1. The Morgan fingerprint density at radius 2 is 1.94 bits per heavy atom. The molecule has 2 aliphatic rings. The maximum Gasteiger partial charge on any atom is 0.0757 e. The summed E-state index contributed by atoms with van der Waals surface area (Å²) >= 11 is 6.45. The van der Waals surface area contributed by atoms with Crippen molar-refractivity contribution in [3.63, 3.8) is 0 Å². The molecule has 1 unspecified atom stereocenters. The number of fused-ring (bicyclic) bond motifs is 1. The zero-order valence-electron chi connectivity index (χ0n) is 9.66. The van der Waals surface area contributed by atoms with Gasteiger partial charge in [0.2, 0.25) is 0 Å². The predicted molar refractivity (Wildman–Crippen MR) is 65.9 cm³/mol. The molecule has 0 aromatic carbocycles. The van der Waals surface area contributed by atoms with Crippen LogP contribution in [-0.4, -0.2) is 9.78 Å². The number of alkyl halides is 1. The molecule has 2 aliphatic carbocycles. The summed E-state index contributed by atoms with van der Waals surface area (Å²) < 4.78 is 2.26. The Morgan fingerprint density at radius 1 is 1.12 bits per heavy atom. The second-order valence-corrected chi connectivity index (χ2v) is 5.68. The van der Waals surface area contributed by atoms with E-state index in [0.717, 1.165) is 6.42 Å². The van der Waals surface area contributed by atoms with E-state index in [4.69, 9.17) is 11.6 Å². The zero-order valence-corrected chi connectivity index (χ0v) is 10.4. The van der Waals surface area contributed by atoms with Crippen LogP contribution in [0.5, 0.6) is 0 Å². The van der Waals surface area contributed by atoms with Gasteiger partial charge in [0.05, 0.1) is 23.3 Å². The van der Waals surface area contributed by atoms with Crippen LogP contribution in [0.3, 0.4) is 0 Å². The van der Waals surface area contributed by atoms with Gasteiger partial charge in [-0.05, 0) is 37.7 Å². The van der Waals surface area contributed by atoms with Crippen molar-refractivity contribution in [1.29, 1.82) is 0 Å². The Labute approximate surface area is 102 Å². The van der Waals surface area contributed by atoms with Crippen LogP contribution in [0.4, 0.5) is 0 Å². The average Bonchev–Trinajstić information content (AvgIpc) is 2.75. The largest absolute Gasteiger partial charge is 0.265 e. The highest BCUT2D eigenvalue weighted by Gasteiger charge is 2.27. The van der Waals surface area contributed by atoms with Crippen LogP contribution in [0.15, 0.2) is 6.20 Å². The highest BCUT2D eigenvalue weighted by Crippen LogP contribution is 2.38. The summed E-state index contributed by atoms with van der Waals surface area (Å²) in [7, 11) is 0. The highest BCUT2D eigenvalue weighted by atomic mass is 35.5. The topological polar surface area (TPSA) is 17.8 Å². The van der Waals surface area contributed by atoms with Crippen LogP contribution in [0, 0.1) is 0 Å². The minimum atomic E-state index is 0.202. The SMILES string of the molecule is ClC1CCCc2cnn(C3CCCCC3)c21. The van der Waals surface area contributed by atoms with E-state index >= 15 is 0 Å². The molecular weight excluding hydrogens is 220 g/mol. The lowest BCUT2D eigenvalue weighted by Crippen LogP contribution is -2.19. The third-order valence-electron chi connectivity index (χ3n) is 4.03. The van der Waals surface area contributed by atoms with Crippen molar-refractivity contribution in [2.75, 3.05) is 0 Å². The maximum atomic E-state index is 6.45. The second kappa shape index (κ2) is 4.40. The second-order valence-electron chi connectivity index (χ2n) is 5.15. The van der Waals surface area contributed by atoms with Gasteiger partial charge in [0.25, 0.3) is 0 Å². The van der Waals surface area contributed by atoms with Crippen LogP contribution in [0.2, 0.25) is 0 Å². The number of aromatic nitrogens is 2. The van der Waals surface area contributed by atoms with Gasteiger partial charge >= 0.3 is 0 Å². The van der Waals surface area contributed by atoms with E-state index in [9.17, 15) is 0 Å². The van der Waals surface area contributed by atoms with Gasteiger partial charge in [-0.3, -0.25) is 4.68 Å². The van der Waals surface area contributed by atoms with Crippen molar-refractivity contribution >= 4 is 11.6 Å². The van der Waals surface area contributed by atoms with Gasteiger partial charge in [0, 0.05) is 0 Å². The molecule has 1 heterocycles. The van der Waals surface area contributed by atoms with Crippen molar-refractivity contribution < 1.29 is 0 Å². The molecule has 0 amide bonds. The number of hydrogen-bond donors (Lipinski definition) is 0. The molecule has 1 saturated carbocycles. The van der Waals surface area contributed by atoms with E-state index < -0.39 is 0 Å². The number of hydrogen-bond acceptors (Lipinski definition) is 1. The van der Waals surface area contributed by atoms with Gasteiger partial charge in [-0.25, -0.2) is 0 Å². The summed E-state index contributed by atoms with van der Waals surface area (Å²) in [6.07, 6.45) is 12.2. The smallest absolute Gasteiger partial charge is 0.0757 e. The molecule has 0 bridgehead atoms. The van der Waals surface area contributed by atoms with E-state index in [1.807, 2.05) is 0 Å². The molecule has 3 rings (SSSR count). The molecule has 1 fully saturated rings. The van der Waals surface area contributed by atoms with Crippen molar-refractivity contribution in [3.05, 3.63) is 17.5 Å². The van der Waals surface area contributed by atoms with Crippen LogP contribution in [0.1, 0.15) is 67.6 Å². The van der Waals surface area contributed by atoms with E-state index in [1.165, 1.54) is 56.2 Å². The monoisotopic (exact) mass is 238 g/mol. The summed E-state index contributed by atoms with van der Waals surface area (Å²) in [4.78, 5) is 0. The summed E-state index contributed by atoms with van der Waals surface area (Å²) in [5.41, 5.74) is 2.73. The van der Waals surface area contributed by atoms with Crippen LogP contribution < -0.4 is 0 Å². The van der Waals surface area contributed by atoms with Crippen LogP contribution in [-0.2, 0) is 6.42 Å². The number of rotatable bonds is 1. The fourth-order valence-corrected chi connectivity index (χ4v) is 3.56. The zero-order chi connectivity index (χ0) is 11.0. The predicted octanol–water partition coefficient (Wildman–Crippen LogP) is 4.00. The third-order valence-corrected chi connectivity index (χ3v) is 4.46. The Kier molecular flexibility index (Phi) is 2.93. The average molecular weight is 239 g/mol. The molecule has 3 heteroatoms. The van der Waals surface area contributed by atoms with Crippen molar-refractivity contribution in [1.82, 2.24) is 9.78 Å². The molecule has 0 radical (unpaired) electrons. The Hall–Kier alpha value is -0.500. The van der Waals surface area contributed by atoms with Gasteiger partial charge in [-0.2, -0.15) is 5.10 Å². The third kappa shape index (κ3) is 1.77. The Balaban J connectivity index is 1.91. The van der Waals surface area contributed by atoms with E-state index in [0.29, 0.717) is 6.04 Å². The minimum Gasteiger partial charge on any atom is -0.265 e. The van der Waals surface area contributed by atoms with Crippen molar-refractivity contribution in [2.45, 2.75) is 62.8 Å². The normalized spacial score (nSPS) is 26.7. The Morgan fingerprint density at radius 3 is 2.75 bits per heavy atom. The first-order chi connectivity index (χ1) is 7.86. The maximum absolute atomic E-state index is 6.45. The fraction of sp³-hybridized carbons (Fsp3) is 0.769. The lowest BCUT2D eigenvalue weighted by Gasteiger charge is -2.27. The first-order valence-electron chi connectivity index (χ1n) is 6.56. The van der Waals surface area contributed by atoms with Crippen LogP contribution >= 0.6 is 11.6 Å². The molecule has 1 aromatic heterocycles. The molecule has 2 nitrogen and oxygen atoms in total. The van der Waals surface area contributed by atoms with Gasteiger partial charge in [-0.1, -0.05) is 19.3 Å². The van der Waals surface area contributed by atoms with Crippen LogP contribution in [0.25, 0.3) is 0 Å². The quantitative estimate of drug-likeness (QED) is 0.676. The molecule has 0 aliphatic heterocycles. The Bertz CT molecular complexity index is 366. The summed E-state index contributed by atoms with van der Waals surface area (Å²) in [6, 6.07) is 0.622. The molecule has 88 valence electrons. The summed E-state index contributed by atoms with van der Waals surface area (Å²) in [5.74, 6) is 0. The molecule has 1 atom stereocenters. The molecule has 16 heavy (non-hydrogen) atoms. The van der Waals surface area contributed by atoms with Crippen molar-refractivity contribution in [3.8, 4) is 0 Å². The summed E-state index contributed by atoms with van der Waals surface area (Å²) in [5, 5.41) is 4.81. The van der Waals surface area contributed by atoms with E-state index in [2.05, 4.69) is 16.0 Å². The molecule has 1 aromatic rings. The van der Waals surface area contributed by atoms with Gasteiger partial charge < -0.3 is 0 Å². The van der Waals surface area contributed by atoms with Gasteiger partial charge in [0.15, 0.2) is 0 Å². The number of halogens is 1. The fourth-order valence-electron chi connectivity index (χ4n) is 3.17. The van der Waals surface area contributed by atoms with E-state index in [1.54, 1.807) is 0 Å². The number of nitrogens with zero attached hydrogens (tertiary/aromatic N) is 2. The van der Waals surface area contributed by atoms with Gasteiger partial charge in [-0.15, -0.1) is 11.6 Å². The van der Waals surface area contributed by atoms with E-state index in [-0.39, 0.29) is 5.38 Å². The van der Waals surface area contributed by atoms with Crippen molar-refractivity contribution in [2.24, 2.45) is 0 Å². The lowest BCUT2D eigenvalue weighted by atomic mass is 9.93. The molecular formula is C13H19ClN2. The molecule has 0 saturated heterocycles. The summed E-state index contributed by atoms with van der Waals surface area (Å²) in [6.45, 7) is 0. The molecule has 0 spiro atoms.